The van der Waals surface area contributed by atoms with Gasteiger partial charge in [0.25, 0.3) is 0 Å². The summed E-state index contributed by atoms with van der Waals surface area (Å²) >= 11 is 11.8. The molecule has 0 unspecified atom stereocenters. The van der Waals surface area contributed by atoms with Crippen LogP contribution in [0.5, 0.6) is 0 Å². The average molecular weight is 406 g/mol. The van der Waals surface area contributed by atoms with Gasteiger partial charge in [-0.05, 0) is 23.8 Å². The molecule has 2 aromatic rings. The van der Waals surface area contributed by atoms with Gasteiger partial charge in [0.15, 0.2) is 5.71 Å². The van der Waals surface area contributed by atoms with E-state index in [1.807, 2.05) is 0 Å². The number of carbonyl (C=O) groups is 1. The Labute approximate surface area is 156 Å². The number of ether oxygens (including phenoxy) is 1. The highest BCUT2D eigenvalue weighted by Gasteiger charge is 2.32. The van der Waals surface area contributed by atoms with Crippen LogP contribution >= 0.6 is 23.2 Å². The summed E-state index contributed by atoms with van der Waals surface area (Å²) in [6.07, 6.45) is -4.08. The van der Waals surface area contributed by atoms with Crippen LogP contribution in [0.3, 0.4) is 0 Å². The molecule has 0 bridgehead atoms. The molecule has 0 saturated heterocycles. The molecule has 0 fully saturated rings. The molecule has 26 heavy (non-hydrogen) atoms. The van der Waals surface area contributed by atoms with Crippen molar-refractivity contribution >= 4 is 40.6 Å². The zero-order valence-electron chi connectivity index (χ0n) is 13.2. The second-order valence-corrected chi connectivity index (χ2v) is 5.92. The zero-order valence-corrected chi connectivity index (χ0v) is 14.8. The van der Waals surface area contributed by atoms with E-state index in [9.17, 15) is 18.0 Å². The number of nitrogens with zero attached hydrogens (tertiary/aromatic N) is 1. The van der Waals surface area contributed by atoms with E-state index in [0.717, 1.165) is 13.2 Å². The van der Waals surface area contributed by atoms with E-state index in [1.54, 1.807) is 12.1 Å². The van der Waals surface area contributed by atoms with Crippen molar-refractivity contribution in [2.24, 2.45) is 0 Å². The van der Waals surface area contributed by atoms with Crippen molar-refractivity contribution in [2.75, 3.05) is 12.4 Å². The highest BCUT2D eigenvalue weighted by molar-refractivity contribution is 6.42. The average Bonchev–Trinajstić information content (AvgIpc) is 2.58. The molecule has 0 amide bonds. The number of alkyl halides is 3. The molecule has 1 aromatic carbocycles. The maximum atomic E-state index is 12.9. The summed E-state index contributed by atoms with van der Waals surface area (Å²) in [4.78, 5) is 15.1. The predicted molar refractivity (Wildman–Crippen MR) is 91.9 cm³/mol. The number of benzene rings is 1. The molecular formula is C16H12Cl2F3N3O2. The quantitative estimate of drug-likeness (QED) is 0.564. The largest absolute Gasteiger partial charge is 0.464 e. The van der Waals surface area contributed by atoms with Gasteiger partial charge in [-0.2, -0.15) is 13.2 Å². The van der Waals surface area contributed by atoms with Crippen molar-refractivity contribution in [3.63, 3.8) is 0 Å². The molecule has 5 nitrogen and oxygen atoms in total. The number of halogens is 5. The molecule has 2 rings (SSSR count). The van der Waals surface area contributed by atoms with E-state index in [0.29, 0.717) is 21.8 Å². The lowest BCUT2D eigenvalue weighted by molar-refractivity contribution is -0.137. The Morgan fingerprint density at radius 3 is 2.58 bits per heavy atom. The van der Waals surface area contributed by atoms with Crippen LogP contribution in [0, 0.1) is 5.41 Å². The van der Waals surface area contributed by atoms with Gasteiger partial charge in [0.05, 0.1) is 18.4 Å². The predicted octanol–water partition coefficient (Wildman–Crippen LogP) is 4.56. The van der Waals surface area contributed by atoms with Crippen LogP contribution in [0.4, 0.5) is 18.9 Å². The summed E-state index contributed by atoms with van der Waals surface area (Å²) in [5, 5.41) is 11.2. The molecule has 0 saturated carbocycles. The molecule has 138 valence electrons. The Balaban J connectivity index is 2.39. The van der Waals surface area contributed by atoms with E-state index >= 15 is 0 Å². The van der Waals surface area contributed by atoms with Crippen LogP contribution in [-0.4, -0.2) is 23.8 Å². The number of esters is 1. The van der Waals surface area contributed by atoms with Crippen LogP contribution in [0.25, 0.3) is 0 Å². The summed E-state index contributed by atoms with van der Waals surface area (Å²) in [6.45, 7) is 0.0282. The van der Waals surface area contributed by atoms with E-state index in [-0.39, 0.29) is 17.9 Å². The maximum absolute atomic E-state index is 12.9. The Hall–Kier alpha value is -2.32. The van der Waals surface area contributed by atoms with Crippen LogP contribution in [-0.2, 0) is 22.3 Å². The minimum absolute atomic E-state index is 0.0282. The number of anilines is 1. The molecule has 0 radical (unpaired) electrons. The molecule has 1 aromatic heterocycles. The topological polar surface area (TPSA) is 75.1 Å². The lowest BCUT2D eigenvalue weighted by atomic mass is 10.1. The Morgan fingerprint density at radius 1 is 1.31 bits per heavy atom. The molecular weight excluding hydrogens is 394 g/mol. The van der Waals surface area contributed by atoms with Crippen LogP contribution < -0.4 is 5.32 Å². The highest BCUT2D eigenvalue weighted by Crippen LogP contribution is 2.32. The van der Waals surface area contributed by atoms with Gasteiger partial charge in [0.1, 0.15) is 5.69 Å². The third-order valence-corrected chi connectivity index (χ3v) is 3.91. The molecule has 0 spiro atoms. The van der Waals surface area contributed by atoms with E-state index in [4.69, 9.17) is 28.6 Å². The summed E-state index contributed by atoms with van der Waals surface area (Å²) in [5.74, 6) is -1.02. The van der Waals surface area contributed by atoms with Gasteiger partial charge in [-0.3, -0.25) is 10.4 Å². The van der Waals surface area contributed by atoms with Gasteiger partial charge in [-0.15, -0.1) is 0 Å². The molecule has 10 heteroatoms. The standard InChI is InChI=1S/C16H12Cl2F3N3O2/c1-26-15(25)13(22)14-12(4-9(7-24-14)16(19,20)21)23-6-8-2-3-10(17)5-11(8)18/h2-5,7,22-23H,6H2,1H3. The molecule has 0 aliphatic rings. The van der Waals surface area contributed by atoms with Crippen LogP contribution in [0.1, 0.15) is 16.8 Å². The van der Waals surface area contributed by atoms with Gasteiger partial charge >= 0.3 is 12.1 Å². The van der Waals surface area contributed by atoms with Gasteiger partial charge < -0.3 is 10.1 Å². The van der Waals surface area contributed by atoms with E-state index in [2.05, 4.69) is 15.0 Å². The first-order valence-corrected chi connectivity index (χ1v) is 7.81. The third-order valence-electron chi connectivity index (χ3n) is 3.33. The summed E-state index contributed by atoms with van der Waals surface area (Å²) in [5.41, 5.74) is -1.56. The summed E-state index contributed by atoms with van der Waals surface area (Å²) in [6, 6.07) is 5.43. The number of carbonyl (C=O) groups excluding carboxylic acids is 1. The smallest absolute Gasteiger partial charge is 0.417 e. The zero-order chi connectivity index (χ0) is 19.5. The summed E-state index contributed by atoms with van der Waals surface area (Å²) < 4.78 is 43.3. The van der Waals surface area contributed by atoms with Crippen LogP contribution in [0.15, 0.2) is 30.5 Å². The van der Waals surface area contributed by atoms with Crippen LogP contribution in [0.2, 0.25) is 10.0 Å². The van der Waals surface area contributed by atoms with Gasteiger partial charge in [0, 0.05) is 22.8 Å². The number of pyridine rings is 1. The van der Waals surface area contributed by atoms with E-state index in [1.165, 1.54) is 6.07 Å². The molecule has 2 N–H and O–H groups in total. The molecule has 1 heterocycles. The van der Waals surface area contributed by atoms with Gasteiger partial charge in [-0.25, -0.2) is 4.79 Å². The van der Waals surface area contributed by atoms with Gasteiger partial charge in [-0.1, -0.05) is 29.3 Å². The monoisotopic (exact) mass is 405 g/mol. The fourth-order valence-corrected chi connectivity index (χ4v) is 2.48. The Bertz CT molecular complexity index is 857. The number of methoxy groups -OCH3 is 1. The van der Waals surface area contributed by atoms with Crippen molar-refractivity contribution in [1.82, 2.24) is 4.98 Å². The van der Waals surface area contributed by atoms with Crippen molar-refractivity contribution < 1.29 is 22.7 Å². The SMILES string of the molecule is COC(=O)C(=N)c1ncc(C(F)(F)F)cc1NCc1ccc(Cl)cc1Cl. The number of aromatic nitrogens is 1. The fraction of sp³-hybridized carbons (Fsp3) is 0.188. The van der Waals surface area contributed by atoms with Gasteiger partial charge in [0.2, 0.25) is 0 Å². The minimum atomic E-state index is -4.63. The van der Waals surface area contributed by atoms with Crippen molar-refractivity contribution in [3.05, 3.63) is 57.3 Å². The highest BCUT2D eigenvalue weighted by atomic mass is 35.5. The minimum Gasteiger partial charge on any atom is -0.464 e. The Kier molecular flexibility index (Phi) is 6.09. The number of hydrogen-bond acceptors (Lipinski definition) is 5. The Morgan fingerprint density at radius 2 is 2.00 bits per heavy atom. The third kappa shape index (κ3) is 4.64. The molecule has 0 aliphatic carbocycles. The fourth-order valence-electron chi connectivity index (χ4n) is 2.01. The lowest BCUT2D eigenvalue weighted by Crippen LogP contribution is -2.20. The second kappa shape index (κ2) is 7.92. The summed E-state index contributed by atoms with van der Waals surface area (Å²) in [7, 11) is 1.06. The van der Waals surface area contributed by atoms with E-state index < -0.39 is 23.4 Å². The first kappa shape index (κ1) is 20.0. The van der Waals surface area contributed by atoms with Crippen molar-refractivity contribution in [1.29, 1.82) is 5.41 Å². The second-order valence-electron chi connectivity index (χ2n) is 5.07. The molecule has 0 aliphatic heterocycles. The van der Waals surface area contributed by atoms with Crippen molar-refractivity contribution in [2.45, 2.75) is 12.7 Å². The number of hydrogen-bond donors (Lipinski definition) is 2. The maximum Gasteiger partial charge on any atom is 0.417 e. The normalized spacial score (nSPS) is 11.2. The lowest BCUT2D eigenvalue weighted by Gasteiger charge is -2.15. The van der Waals surface area contributed by atoms with Crippen molar-refractivity contribution in [3.8, 4) is 0 Å². The number of rotatable bonds is 5. The first-order chi connectivity index (χ1) is 12.1. The first-order valence-electron chi connectivity index (χ1n) is 7.05. The number of nitrogens with one attached hydrogen (secondary N) is 2. The molecule has 0 atom stereocenters.